The molecule has 1 nitrogen and oxygen atoms in total. The van der Waals surface area contributed by atoms with Crippen LogP contribution in [0.2, 0.25) is 0 Å². The zero-order valence-corrected chi connectivity index (χ0v) is 29.1. The molecule has 0 N–H and O–H groups in total. The molecule has 0 atom stereocenters. The Morgan fingerprint density at radius 2 is 0.885 bits per heavy atom. The number of para-hydroxylation sites is 1. The maximum Gasteiger partial charge on any atom is 0.135 e. The smallest absolute Gasteiger partial charge is 0.135 e. The van der Waals surface area contributed by atoms with Crippen LogP contribution in [0, 0.1) is 0 Å². The highest BCUT2D eigenvalue weighted by Crippen LogP contribution is 2.53. The summed E-state index contributed by atoms with van der Waals surface area (Å²) in [5.74, 6) is 0. The lowest BCUT2D eigenvalue weighted by Crippen LogP contribution is -2.14. The number of fused-ring (bicyclic) bond motifs is 9. The molecule has 1 heterocycles. The summed E-state index contributed by atoms with van der Waals surface area (Å²) in [6, 6.07) is 62.5. The van der Waals surface area contributed by atoms with Crippen molar-refractivity contribution in [2.24, 2.45) is 0 Å². The second-order valence-corrected chi connectivity index (χ2v) is 14.8. The quantitative estimate of drug-likeness (QED) is 0.172. The second-order valence-electron chi connectivity index (χ2n) is 14.8. The average Bonchev–Trinajstić information content (AvgIpc) is 3.67. The van der Waals surface area contributed by atoms with Crippen molar-refractivity contribution in [3.8, 4) is 44.5 Å². The average molecular weight is 663 g/mol. The molecular formula is C51H34O. The maximum absolute atomic E-state index is 6.21. The monoisotopic (exact) mass is 662 g/mol. The summed E-state index contributed by atoms with van der Waals surface area (Å²) < 4.78 is 6.21. The third-order valence-electron chi connectivity index (χ3n) is 11.6. The van der Waals surface area contributed by atoms with E-state index >= 15 is 0 Å². The zero-order chi connectivity index (χ0) is 34.6. The minimum absolute atomic E-state index is 0.0700. The van der Waals surface area contributed by atoms with Crippen molar-refractivity contribution in [1.82, 2.24) is 0 Å². The summed E-state index contributed by atoms with van der Waals surface area (Å²) in [6.07, 6.45) is 0. The Bertz CT molecular complexity index is 3030. The number of hydrogen-bond acceptors (Lipinski definition) is 1. The summed E-state index contributed by atoms with van der Waals surface area (Å²) in [5, 5.41) is 9.89. The Morgan fingerprint density at radius 1 is 0.346 bits per heavy atom. The molecule has 10 aromatic rings. The Balaban J connectivity index is 1.09. The van der Waals surface area contributed by atoms with Crippen molar-refractivity contribution < 1.29 is 4.42 Å². The van der Waals surface area contributed by atoms with Crippen molar-refractivity contribution in [1.29, 1.82) is 0 Å². The maximum atomic E-state index is 6.21. The molecule has 9 aromatic carbocycles. The van der Waals surface area contributed by atoms with Crippen LogP contribution in [0.25, 0.3) is 98.8 Å². The van der Waals surface area contributed by atoms with Crippen molar-refractivity contribution in [3.05, 3.63) is 181 Å². The van der Waals surface area contributed by atoms with Crippen LogP contribution in [0.5, 0.6) is 0 Å². The Morgan fingerprint density at radius 3 is 1.58 bits per heavy atom. The molecule has 0 aliphatic heterocycles. The van der Waals surface area contributed by atoms with E-state index in [2.05, 4.69) is 172 Å². The van der Waals surface area contributed by atoms with Crippen LogP contribution in [-0.2, 0) is 5.41 Å². The van der Waals surface area contributed by atoms with Crippen LogP contribution in [0.1, 0.15) is 25.0 Å². The van der Waals surface area contributed by atoms with E-state index in [0.29, 0.717) is 0 Å². The highest BCUT2D eigenvalue weighted by atomic mass is 16.3. The van der Waals surface area contributed by atoms with Crippen LogP contribution in [0.3, 0.4) is 0 Å². The third-order valence-corrected chi connectivity index (χ3v) is 11.6. The van der Waals surface area contributed by atoms with Gasteiger partial charge in [-0.3, -0.25) is 0 Å². The lowest BCUT2D eigenvalue weighted by molar-refractivity contribution is 0.661. The molecule has 1 aliphatic rings. The first kappa shape index (κ1) is 29.3. The molecule has 244 valence electrons. The van der Waals surface area contributed by atoms with Crippen molar-refractivity contribution in [3.63, 3.8) is 0 Å². The Labute approximate surface area is 302 Å². The Hall–Kier alpha value is -6.44. The topological polar surface area (TPSA) is 13.1 Å². The highest BCUT2D eigenvalue weighted by Gasteiger charge is 2.37. The minimum Gasteiger partial charge on any atom is -0.456 e. The van der Waals surface area contributed by atoms with E-state index < -0.39 is 0 Å². The van der Waals surface area contributed by atoms with Crippen LogP contribution in [0.4, 0.5) is 0 Å². The van der Waals surface area contributed by atoms with Crippen LogP contribution in [-0.4, -0.2) is 0 Å². The molecule has 0 amide bonds. The van der Waals surface area contributed by atoms with Gasteiger partial charge in [0.15, 0.2) is 0 Å². The molecule has 52 heavy (non-hydrogen) atoms. The van der Waals surface area contributed by atoms with Gasteiger partial charge in [0.05, 0.1) is 0 Å². The van der Waals surface area contributed by atoms with E-state index in [1.807, 2.05) is 12.1 Å². The number of furan rings is 1. The predicted molar refractivity (Wildman–Crippen MR) is 220 cm³/mol. The first-order chi connectivity index (χ1) is 25.5. The molecule has 0 fully saturated rings. The van der Waals surface area contributed by atoms with E-state index in [1.165, 1.54) is 88.0 Å². The SMILES string of the molecule is CC1(C)c2cc3ccccc3cc2-c2c(-c3ccc(-c4c5ccccc5c(-c5ccc6oc7ccccc7c6c5)c5ccccc45)cc3)cccc21. The van der Waals surface area contributed by atoms with Crippen molar-refractivity contribution in [2.75, 3.05) is 0 Å². The summed E-state index contributed by atoms with van der Waals surface area (Å²) >= 11 is 0. The second kappa shape index (κ2) is 10.8. The van der Waals surface area contributed by atoms with Crippen molar-refractivity contribution >= 4 is 54.3 Å². The van der Waals surface area contributed by atoms with Gasteiger partial charge in [-0.05, 0) is 118 Å². The molecule has 1 heteroatoms. The summed E-state index contributed by atoms with van der Waals surface area (Å²) in [6.45, 7) is 4.74. The third kappa shape index (κ3) is 4.11. The lowest BCUT2D eigenvalue weighted by atomic mass is 9.81. The van der Waals surface area contributed by atoms with Gasteiger partial charge in [-0.2, -0.15) is 0 Å². The van der Waals surface area contributed by atoms with Gasteiger partial charge in [0.25, 0.3) is 0 Å². The molecule has 0 radical (unpaired) electrons. The van der Waals surface area contributed by atoms with Gasteiger partial charge in [0, 0.05) is 16.2 Å². The fourth-order valence-corrected chi connectivity index (χ4v) is 9.16. The van der Waals surface area contributed by atoms with Gasteiger partial charge in [-0.1, -0.05) is 153 Å². The van der Waals surface area contributed by atoms with E-state index in [4.69, 9.17) is 4.42 Å². The number of benzene rings is 9. The normalized spacial score (nSPS) is 13.3. The van der Waals surface area contributed by atoms with Gasteiger partial charge in [0.1, 0.15) is 11.2 Å². The highest BCUT2D eigenvalue weighted by molar-refractivity contribution is 6.22. The van der Waals surface area contributed by atoms with Gasteiger partial charge < -0.3 is 4.42 Å². The number of hydrogen-bond donors (Lipinski definition) is 0. The standard InChI is InChI=1S/C51H34O/c1-51(2)44-20-11-19-36(50(44)43-28-33-12-3-4-13-34(33)30-45(43)51)31-22-24-32(25-23-31)48-38-15-5-7-17-40(38)49(41-18-8-6-16-39(41)48)35-26-27-47-42(29-35)37-14-9-10-21-46(37)52-47/h3-30H,1-2H3. The first-order valence-electron chi connectivity index (χ1n) is 18.2. The van der Waals surface area contributed by atoms with E-state index in [0.717, 1.165) is 21.9 Å². The summed E-state index contributed by atoms with van der Waals surface area (Å²) in [4.78, 5) is 0. The predicted octanol–water partition coefficient (Wildman–Crippen LogP) is 14.4. The van der Waals surface area contributed by atoms with Crippen LogP contribution >= 0.6 is 0 Å². The van der Waals surface area contributed by atoms with Gasteiger partial charge in [-0.15, -0.1) is 0 Å². The molecule has 0 saturated heterocycles. The fraction of sp³-hybridized carbons (Fsp3) is 0.0588. The molecule has 0 unspecified atom stereocenters. The molecule has 0 spiro atoms. The molecule has 0 saturated carbocycles. The van der Waals surface area contributed by atoms with E-state index in [9.17, 15) is 0 Å². The van der Waals surface area contributed by atoms with Crippen molar-refractivity contribution in [2.45, 2.75) is 19.3 Å². The number of rotatable bonds is 3. The first-order valence-corrected chi connectivity index (χ1v) is 18.2. The molecule has 11 rings (SSSR count). The molecular weight excluding hydrogens is 629 g/mol. The summed E-state index contributed by atoms with van der Waals surface area (Å²) in [7, 11) is 0. The van der Waals surface area contributed by atoms with E-state index in [-0.39, 0.29) is 5.41 Å². The largest absolute Gasteiger partial charge is 0.456 e. The molecule has 1 aliphatic carbocycles. The van der Waals surface area contributed by atoms with Gasteiger partial charge >= 0.3 is 0 Å². The Kier molecular flexibility index (Phi) is 6.08. The van der Waals surface area contributed by atoms with Gasteiger partial charge in [0.2, 0.25) is 0 Å². The van der Waals surface area contributed by atoms with E-state index in [1.54, 1.807) is 0 Å². The van der Waals surface area contributed by atoms with Crippen LogP contribution in [0.15, 0.2) is 174 Å². The fourth-order valence-electron chi connectivity index (χ4n) is 9.16. The zero-order valence-electron chi connectivity index (χ0n) is 29.1. The summed E-state index contributed by atoms with van der Waals surface area (Å²) in [5.41, 5.74) is 14.8. The van der Waals surface area contributed by atoms with Crippen LogP contribution < -0.4 is 0 Å². The minimum atomic E-state index is -0.0700. The van der Waals surface area contributed by atoms with Gasteiger partial charge in [-0.25, -0.2) is 0 Å². The lowest BCUT2D eigenvalue weighted by Gasteiger charge is -2.22. The molecule has 0 bridgehead atoms. The molecule has 1 aromatic heterocycles.